The van der Waals surface area contributed by atoms with E-state index >= 15 is 0 Å². The first-order valence-electron chi connectivity index (χ1n) is 6.70. The molecule has 124 valence electrons. The van der Waals surface area contributed by atoms with Crippen molar-refractivity contribution in [3.8, 4) is 0 Å². The molecule has 0 unspecified atom stereocenters. The normalized spacial score (nSPS) is 11.7. The van der Waals surface area contributed by atoms with Crippen LogP contribution in [0.4, 0.5) is 5.69 Å². The number of benzene rings is 1. The van der Waals surface area contributed by atoms with Crippen LogP contribution in [0.2, 0.25) is 0 Å². The standard InChI is InChI=1S/C15H15BrCl2N2O2S/c1-23(21,22)20(10-12-3-2-6-19-9-12)14-7-11(8-15(17)18)4-5-13(14)16/h2-7,9,15H,8,10H2,1H3. The van der Waals surface area contributed by atoms with E-state index < -0.39 is 14.9 Å². The second kappa shape index (κ2) is 7.83. The van der Waals surface area contributed by atoms with Gasteiger partial charge in [0, 0.05) is 23.3 Å². The summed E-state index contributed by atoms with van der Waals surface area (Å²) in [5, 5.41) is 0. The summed E-state index contributed by atoms with van der Waals surface area (Å²) < 4.78 is 26.5. The van der Waals surface area contributed by atoms with Crippen LogP contribution in [0.15, 0.2) is 47.2 Å². The minimum atomic E-state index is -3.47. The summed E-state index contributed by atoms with van der Waals surface area (Å²) in [5.74, 6) is 0. The van der Waals surface area contributed by atoms with Crippen molar-refractivity contribution in [2.45, 2.75) is 17.8 Å². The highest BCUT2D eigenvalue weighted by atomic mass is 79.9. The smallest absolute Gasteiger partial charge is 0.232 e. The molecule has 2 rings (SSSR count). The SMILES string of the molecule is CS(=O)(=O)N(Cc1cccnc1)c1cc(CC(Cl)Cl)ccc1Br. The maximum Gasteiger partial charge on any atom is 0.232 e. The number of hydrogen-bond donors (Lipinski definition) is 0. The average molecular weight is 438 g/mol. The zero-order valence-corrected chi connectivity index (χ0v) is 16.2. The highest BCUT2D eigenvalue weighted by molar-refractivity contribution is 9.10. The van der Waals surface area contributed by atoms with Gasteiger partial charge in [-0.05, 0) is 45.3 Å². The molecule has 23 heavy (non-hydrogen) atoms. The first kappa shape index (κ1) is 18.5. The van der Waals surface area contributed by atoms with Crippen molar-refractivity contribution in [3.05, 3.63) is 58.3 Å². The first-order valence-corrected chi connectivity index (χ1v) is 10.2. The van der Waals surface area contributed by atoms with E-state index in [0.29, 0.717) is 16.6 Å². The second-order valence-electron chi connectivity index (χ2n) is 5.01. The molecule has 2 aromatic rings. The maximum atomic E-state index is 12.3. The van der Waals surface area contributed by atoms with E-state index in [4.69, 9.17) is 23.2 Å². The van der Waals surface area contributed by atoms with Crippen molar-refractivity contribution in [1.82, 2.24) is 4.98 Å². The van der Waals surface area contributed by atoms with Crippen LogP contribution in [0.1, 0.15) is 11.1 Å². The van der Waals surface area contributed by atoms with Crippen molar-refractivity contribution in [2.24, 2.45) is 0 Å². The molecule has 1 aromatic carbocycles. The molecule has 0 saturated heterocycles. The van der Waals surface area contributed by atoms with Gasteiger partial charge in [-0.25, -0.2) is 8.42 Å². The average Bonchev–Trinajstić information content (AvgIpc) is 2.46. The number of sulfonamides is 1. The van der Waals surface area contributed by atoms with Crippen molar-refractivity contribution in [2.75, 3.05) is 10.6 Å². The monoisotopic (exact) mass is 436 g/mol. The van der Waals surface area contributed by atoms with E-state index in [-0.39, 0.29) is 6.54 Å². The summed E-state index contributed by atoms with van der Waals surface area (Å²) in [7, 11) is -3.47. The van der Waals surface area contributed by atoms with E-state index in [0.717, 1.165) is 11.1 Å². The molecule has 0 aliphatic rings. The predicted octanol–water partition coefficient (Wildman–Crippen LogP) is 4.16. The Morgan fingerprint density at radius 3 is 2.57 bits per heavy atom. The zero-order valence-electron chi connectivity index (χ0n) is 12.3. The molecule has 0 aliphatic carbocycles. The molecule has 0 amide bonds. The molecule has 0 spiro atoms. The lowest BCUT2D eigenvalue weighted by Crippen LogP contribution is -2.29. The molecule has 0 radical (unpaired) electrons. The lowest BCUT2D eigenvalue weighted by atomic mass is 10.1. The van der Waals surface area contributed by atoms with Crippen LogP contribution in [-0.4, -0.2) is 24.5 Å². The molecular weight excluding hydrogens is 423 g/mol. The quantitative estimate of drug-likeness (QED) is 0.637. The van der Waals surface area contributed by atoms with Gasteiger partial charge >= 0.3 is 0 Å². The molecule has 1 aromatic heterocycles. The minimum Gasteiger partial charge on any atom is -0.265 e. The summed E-state index contributed by atoms with van der Waals surface area (Å²) in [4.78, 5) is 3.48. The third kappa shape index (κ3) is 5.35. The fourth-order valence-electron chi connectivity index (χ4n) is 2.09. The summed E-state index contributed by atoms with van der Waals surface area (Å²) in [6, 6.07) is 9.03. The van der Waals surface area contributed by atoms with E-state index in [1.54, 1.807) is 30.6 Å². The Morgan fingerprint density at radius 2 is 2.00 bits per heavy atom. The van der Waals surface area contributed by atoms with Gasteiger partial charge in [0.25, 0.3) is 0 Å². The summed E-state index contributed by atoms with van der Waals surface area (Å²) in [6.07, 6.45) is 4.90. The Kier molecular flexibility index (Phi) is 6.31. The lowest BCUT2D eigenvalue weighted by molar-refractivity contribution is 0.596. The van der Waals surface area contributed by atoms with Crippen LogP contribution in [-0.2, 0) is 23.0 Å². The van der Waals surface area contributed by atoms with Crippen LogP contribution in [0.25, 0.3) is 0 Å². The van der Waals surface area contributed by atoms with Crippen molar-refractivity contribution in [3.63, 3.8) is 0 Å². The fraction of sp³-hybridized carbons (Fsp3) is 0.267. The van der Waals surface area contributed by atoms with Crippen molar-refractivity contribution < 1.29 is 8.42 Å². The van der Waals surface area contributed by atoms with Gasteiger partial charge in [-0.15, -0.1) is 23.2 Å². The molecule has 0 aliphatic heterocycles. The maximum absolute atomic E-state index is 12.3. The van der Waals surface area contributed by atoms with E-state index in [9.17, 15) is 8.42 Å². The zero-order chi connectivity index (χ0) is 17.0. The fourth-order valence-corrected chi connectivity index (χ4v) is 3.92. The molecular formula is C15H15BrCl2N2O2S. The van der Waals surface area contributed by atoms with Crippen molar-refractivity contribution in [1.29, 1.82) is 0 Å². The topological polar surface area (TPSA) is 50.3 Å². The Balaban J connectivity index is 2.43. The molecule has 0 atom stereocenters. The van der Waals surface area contributed by atoms with Gasteiger partial charge in [0.2, 0.25) is 10.0 Å². The Labute approximate surface area is 154 Å². The molecule has 4 nitrogen and oxygen atoms in total. The lowest BCUT2D eigenvalue weighted by Gasteiger charge is -2.24. The van der Waals surface area contributed by atoms with E-state index in [2.05, 4.69) is 20.9 Å². The molecule has 0 saturated carbocycles. The van der Waals surface area contributed by atoms with Crippen LogP contribution >= 0.6 is 39.1 Å². The van der Waals surface area contributed by atoms with Gasteiger partial charge in [0.1, 0.15) is 4.84 Å². The molecule has 0 N–H and O–H groups in total. The van der Waals surface area contributed by atoms with Crippen LogP contribution in [0.5, 0.6) is 0 Å². The largest absolute Gasteiger partial charge is 0.265 e. The van der Waals surface area contributed by atoms with Gasteiger partial charge < -0.3 is 0 Å². The van der Waals surface area contributed by atoms with Gasteiger partial charge in [-0.1, -0.05) is 12.1 Å². The number of anilines is 1. The van der Waals surface area contributed by atoms with Crippen molar-refractivity contribution >= 4 is 54.8 Å². The van der Waals surface area contributed by atoms with E-state index in [1.165, 1.54) is 10.6 Å². The summed E-state index contributed by atoms with van der Waals surface area (Å²) >= 11 is 15.0. The van der Waals surface area contributed by atoms with Crippen LogP contribution < -0.4 is 4.31 Å². The number of alkyl halides is 2. The second-order valence-corrected chi connectivity index (χ2v) is 9.05. The highest BCUT2D eigenvalue weighted by Crippen LogP contribution is 2.31. The highest BCUT2D eigenvalue weighted by Gasteiger charge is 2.21. The number of rotatable bonds is 6. The number of hydrogen-bond acceptors (Lipinski definition) is 3. The third-order valence-electron chi connectivity index (χ3n) is 3.12. The van der Waals surface area contributed by atoms with Gasteiger partial charge in [-0.3, -0.25) is 9.29 Å². The predicted molar refractivity (Wildman–Crippen MR) is 98.6 cm³/mol. The summed E-state index contributed by atoms with van der Waals surface area (Å²) in [6.45, 7) is 0.194. The molecule has 0 bridgehead atoms. The molecule has 1 heterocycles. The summed E-state index contributed by atoms with van der Waals surface area (Å²) in [5.41, 5.74) is 2.20. The van der Waals surface area contributed by atoms with Crippen LogP contribution in [0.3, 0.4) is 0 Å². The van der Waals surface area contributed by atoms with Gasteiger partial charge in [0.05, 0.1) is 18.5 Å². The first-order chi connectivity index (χ1) is 10.8. The number of halogens is 3. The van der Waals surface area contributed by atoms with E-state index in [1.807, 2.05) is 12.1 Å². The van der Waals surface area contributed by atoms with Crippen LogP contribution in [0, 0.1) is 0 Å². The molecule has 8 heteroatoms. The van der Waals surface area contributed by atoms with Gasteiger partial charge in [-0.2, -0.15) is 0 Å². The molecule has 0 fully saturated rings. The minimum absolute atomic E-state index is 0.194. The number of aromatic nitrogens is 1. The number of pyridine rings is 1. The Bertz CT molecular complexity index is 770. The Hall–Kier alpha value is -0.820. The number of nitrogens with zero attached hydrogens (tertiary/aromatic N) is 2. The Morgan fingerprint density at radius 1 is 1.26 bits per heavy atom. The third-order valence-corrected chi connectivity index (χ3v) is 5.22. The van der Waals surface area contributed by atoms with Gasteiger partial charge in [0.15, 0.2) is 0 Å².